The lowest BCUT2D eigenvalue weighted by Crippen LogP contribution is -2.42. The number of aromatic amines is 1. The Hall–Kier alpha value is -3.38. The Bertz CT molecular complexity index is 1820. The Morgan fingerprint density at radius 1 is 1.23 bits per heavy atom. The lowest BCUT2D eigenvalue weighted by molar-refractivity contribution is -0.0524. The zero-order chi connectivity index (χ0) is 30.2. The number of hydrogen-bond acceptors (Lipinski definition) is 12. The molecule has 4 aromatic rings. The Balaban J connectivity index is 1.07. The smallest absolute Gasteiger partial charge is 0.348 e. The molecule has 0 radical (unpaired) electrons. The number of nitrogens with zero attached hydrogens (tertiary/aromatic N) is 8. The summed E-state index contributed by atoms with van der Waals surface area (Å²) in [5.41, 5.74) is 3.31. The van der Waals surface area contributed by atoms with E-state index < -0.39 is 33.5 Å². The van der Waals surface area contributed by atoms with Crippen molar-refractivity contribution in [3.05, 3.63) is 73.8 Å². The first-order valence-electron chi connectivity index (χ1n) is 14.2. The van der Waals surface area contributed by atoms with Crippen molar-refractivity contribution in [2.45, 2.75) is 44.4 Å². The minimum atomic E-state index is -0.793. The van der Waals surface area contributed by atoms with Gasteiger partial charge in [0.1, 0.15) is 29.4 Å². The molecule has 6 heterocycles. The summed E-state index contributed by atoms with van der Waals surface area (Å²) in [4.78, 5) is 41.3. The van der Waals surface area contributed by atoms with Crippen molar-refractivity contribution in [2.24, 2.45) is 13.7 Å². The van der Waals surface area contributed by atoms with E-state index in [2.05, 4.69) is 23.7 Å². The van der Waals surface area contributed by atoms with Crippen LogP contribution in [0.2, 0.25) is 5.02 Å². The minimum absolute atomic E-state index is 0.0644. The highest BCUT2D eigenvalue weighted by Gasteiger charge is 2.30. The molecule has 3 aliphatic heterocycles. The lowest BCUT2D eigenvalue weighted by atomic mass is 10.1. The maximum atomic E-state index is 13.5. The number of rotatable bonds is 8. The van der Waals surface area contributed by atoms with Crippen molar-refractivity contribution < 1.29 is 14.6 Å². The average Bonchev–Trinajstić information content (AvgIpc) is 3.86. The number of benzene rings is 1. The van der Waals surface area contributed by atoms with E-state index in [1.807, 2.05) is 16.3 Å². The molecule has 16 heteroatoms. The third-order valence-electron chi connectivity index (χ3n) is 7.87. The second kappa shape index (κ2) is 12.5. The number of aryl methyl sites for hydroxylation is 1. The number of H-pyrrole nitrogens is 1. The monoisotopic (exact) mass is 747 g/mol. The molecule has 3 aliphatic rings. The third-order valence-corrected chi connectivity index (χ3v) is 10.5. The molecule has 0 aliphatic carbocycles. The van der Waals surface area contributed by atoms with Crippen LogP contribution in [0.3, 0.4) is 0 Å². The average molecular weight is 748 g/mol. The fraction of sp³-hybridized carbons (Fsp3) is 0.357. The van der Waals surface area contributed by atoms with Gasteiger partial charge in [0, 0.05) is 47.1 Å². The number of hydrogen-bond donors (Lipinski definition) is 2. The molecule has 3 aromatic heterocycles. The highest BCUT2D eigenvalue weighted by atomic mass is 127. The van der Waals surface area contributed by atoms with Gasteiger partial charge in [-0.25, -0.2) is 14.8 Å². The molecule has 1 aromatic carbocycles. The molecule has 1 fully saturated rings. The Morgan fingerprint density at radius 3 is 2.91 bits per heavy atom. The van der Waals surface area contributed by atoms with Crippen molar-refractivity contribution >= 4 is 55.9 Å². The van der Waals surface area contributed by atoms with Crippen LogP contribution in [0.1, 0.15) is 53.0 Å². The molecule has 0 saturated carbocycles. The van der Waals surface area contributed by atoms with Crippen molar-refractivity contribution in [3.63, 3.8) is 0 Å². The molecule has 44 heavy (non-hydrogen) atoms. The second-order valence-electron chi connectivity index (χ2n) is 10.6. The maximum absolute atomic E-state index is 13.5. The van der Waals surface area contributed by atoms with Gasteiger partial charge in [-0.2, -0.15) is 3.22 Å². The number of carbonyl (C=O) groups is 1. The number of aliphatic hydroxyl groups is 1. The van der Waals surface area contributed by atoms with Crippen LogP contribution < -0.4 is 8.78 Å². The number of esters is 1. The van der Waals surface area contributed by atoms with E-state index in [4.69, 9.17) is 21.3 Å². The largest absolute Gasteiger partial charge is 0.457 e. The fourth-order valence-electron chi connectivity index (χ4n) is 5.70. The van der Waals surface area contributed by atoms with E-state index in [0.717, 1.165) is 49.3 Å². The van der Waals surface area contributed by atoms with Gasteiger partial charge in [-0.3, -0.25) is 14.3 Å². The van der Waals surface area contributed by atoms with Gasteiger partial charge in [0.15, 0.2) is 21.3 Å². The molecule has 13 nitrogen and oxygen atoms in total. The first-order chi connectivity index (χ1) is 21.4. The lowest BCUT2D eigenvalue weighted by Gasteiger charge is -2.30. The SMILES string of the molecule is O=C(OCC(O)N1CCCCC1)c1cc(-c2cnc([C@@H]3CCc4nc(-c5cc(Cl)ccc5N5N=NN=I5)cc(=O)n43)[nH]2)cs1. The second-order valence-corrected chi connectivity index (χ2v) is 13.8. The zero-order valence-electron chi connectivity index (χ0n) is 23.3. The maximum Gasteiger partial charge on any atom is 0.348 e. The van der Waals surface area contributed by atoms with E-state index >= 15 is 0 Å². The minimum Gasteiger partial charge on any atom is -0.457 e. The first-order valence-corrected chi connectivity index (χ1v) is 17.3. The van der Waals surface area contributed by atoms with Gasteiger partial charge < -0.3 is 14.8 Å². The number of carbonyl (C=O) groups excluding carboxylic acids is 1. The van der Waals surface area contributed by atoms with Crippen LogP contribution in [0.4, 0.5) is 5.69 Å². The van der Waals surface area contributed by atoms with Crippen molar-refractivity contribution in [3.8, 4) is 22.5 Å². The molecular formula is C28H27ClIN9O4S. The Morgan fingerprint density at radius 2 is 2.09 bits per heavy atom. The summed E-state index contributed by atoms with van der Waals surface area (Å²) >= 11 is 6.81. The quantitative estimate of drug-likeness (QED) is 0.133. The van der Waals surface area contributed by atoms with Crippen LogP contribution in [-0.2, 0) is 11.2 Å². The number of thiophene rings is 1. The topological polar surface area (TPSA) is 154 Å². The van der Waals surface area contributed by atoms with E-state index in [9.17, 15) is 14.7 Å². The van der Waals surface area contributed by atoms with Gasteiger partial charge in [0.2, 0.25) is 0 Å². The predicted molar refractivity (Wildman–Crippen MR) is 173 cm³/mol. The normalized spacial score (nSPS) is 18.8. The van der Waals surface area contributed by atoms with E-state index in [1.165, 1.54) is 17.4 Å². The molecule has 1 unspecified atom stereocenters. The summed E-state index contributed by atoms with van der Waals surface area (Å²) in [6.07, 6.45) is 5.41. The molecule has 228 valence electrons. The molecule has 1 saturated heterocycles. The predicted octanol–water partition coefficient (Wildman–Crippen LogP) is 5.68. The number of halogens is 2. The molecule has 7 rings (SSSR count). The summed E-state index contributed by atoms with van der Waals surface area (Å²) in [5, 5.41) is 20.6. The van der Waals surface area contributed by atoms with Crippen molar-refractivity contribution in [2.75, 3.05) is 22.9 Å². The van der Waals surface area contributed by atoms with Crippen LogP contribution in [0.15, 0.2) is 60.4 Å². The Labute approximate surface area is 271 Å². The number of anilines is 1. The molecule has 2 atom stereocenters. The zero-order valence-corrected chi connectivity index (χ0v) is 27.0. The molecule has 0 amide bonds. The van der Waals surface area contributed by atoms with Gasteiger partial charge in [-0.1, -0.05) is 21.3 Å². The van der Waals surface area contributed by atoms with E-state index in [1.54, 1.807) is 32.2 Å². The molecule has 0 spiro atoms. The van der Waals surface area contributed by atoms with Gasteiger partial charge in [0.05, 0.1) is 29.3 Å². The van der Waals surface area contributed by atoms with Gasteiger partial charge in [-0.05, 0) is 54.0 Å². The summed E-state index contributed by atoms with van der Waals surface area (Å²) in [6.45, 7) is 1.56. The number of imidazole rings is 1. The fourth-order valence-corrected chi connectivity index (χ4v) is 7.85. The number of likely N-dealkylation sites (tertiary alicyclic amines) is 1. The molecule has 2 N–H and O–H groups in total. The highest BCUT2D eigenvalue weighted by Crippen LogP contribution is 2.39. The number of fused-ring (bicyclic) bond motifs is 1. The van der Waals surface area contributed by atoms with Crippen LogP contribution in [0.5, 0.6) is 0 Å². The number of piperidine rings is 1. The van der Waals surface area contributed by atoms with E-state index in [-0.39, 0.29) is 18.2 Å². The summed E-state index contributed by atoms with van der Waals surface area (Å²) in [5.74, 6) is 0.834. The first kappa shape index (κ1) is 29.3. The van der Waals surface area contributed by atoms with Crippen LogP contribution >= 0.6 is 44.2 Å². The van der Waals surface area contributed by atoms with Gasteiger partial charge in [-0.15, -0.1) is 11.3 Å². The summed E-state index contributed by atoms with van der Waals surface area (Å²) in [6, 6.07) is 8.35. The van der Waals surface area contributed by atoms with Gasteiger partial charge in [0.25, 0.3) is 5.56 Å². The Kier molecular flexibility index (Phi) is 8.37. The van der Waals surface area contributed by atoms with Crippen LogP contribution in [0.25, 0.3) is 22.5 Å². The molecule has 0 bridgehead atoms. The van der Waals surface area contributed by atoms with Crippen molar-refractivity contribution in [1.82, 2.24) is 24.4 Å². The van der Waals surface area contributed by atoms with Crippen LogP contribution in [-0.4, -0.2) is 61.4 Å². The standard InChI is InChI=1S/C28H27ClIN9O4S/c29-17-4-5-21(39-30-34-35-36-39)18(11-17)19-12-25(40)38-22(6-7-24(38)32-19)27-31-13-20(33-27)16-10-23(44-15-16)28(42)43-14-26(41)37-8-2-1-3-9-37/h4-5,10-13,15,22,26,41H,1-3,6-9,14H2,(H,31,33)/t22-,26?/m0/s1. The van der Waals surface area contributed by atoms with Crippen molar-refractivity contribution in [1.29, 1.82) is 0 Å². The number of aromatic nitrogens is 4. The number of ether oxygens (including phenoxy) is 1. The van der Waals surface area contributed by atoms with E-state index in [0.29, 0.717) is 45.6 Å². The third kappa shape index (κ3) is 5.85. The summed E-state index contributed by atoms with van der Waals surface area (Å²) in [7, 11) is 0. The van der Waals surface area contributed by atoms with Gasteiger partial charge >= 0.3 is 5.97 Å². The number of nitrogens with one attached hydrogen (secondary N) is 1. The van der Waals surface area contributed by atoms with Crippen LogP contribution in [0, 0.1) is 0 Å². The summed E-state index contributed by atoms with van der Waals surface area (Å²) < 4.78 is 12.8. The molecular weight excluding hydrogens is 721 g/mol. The number of aliphatic hydroxyl groups excluding tert-OH is 1. The highest BCUT2D eigenvalue weighted by molar-refractivity contribution is 14.2.